The molecule has 0 radical (unpaired) electrons. The number of halogens is 1. The summed E-state index contributed by atoms with van der Waals surface area (Å²) in [5.41, 5.74) is 1.10. The van der Waals surface area contributed by atoms with Gasteiger partial charge >= 0.3 is 5.97 Å². The third-order valence-corrected chi connectivity index (χ3v) is 3.54. The number of carboxylic acid groups (broad SMARTS) is 1. The van der Waals surface area contributed by atoms with Crippen LogP contribution in [-0.4, -0.2) is 16.3 Å². The number of aliphatic carboxylic acids is 1. The van der Waals surface area contributed by atoms with Gasteiger partial charge in [0.2, 0.25) is 0 Å². The molecule has 0 saturated heterocycles. The number of hydrogen-bond acceptors (Lipinski definition) is 2. The van der Waals surface area contributed by atoms with E-state index in [0.717, 1.165) is 14.9 Å². The molecular weight excluding hydrogens is 264 g/mol. The Labute approximate surface area is 95.8 Å². The first-order valence-electron chi connectivity index (χ1n) is 4.16. The lowest BCUT2D eigenvalue weighted by Gasteiger charge is -2.09. The molecule has 0 aliphatic carbocycles. The van der Waals surface area contributed by atoms with E-state index in [1.54, 1.807) is 6.92 Å². The van der Waals surface area contributed by atoms with Crippen LogP contribution < -0.4 is 0 Å². The first-order chi connectivity index (χ1) is 6.50. The highest BCUT2D eigenvalue weighted by atomic mass is 79.9. The molecular formula is C10H11BrO2S. The van der Waals surface area contributed by atoms with Crippen molar-refractivity contribution in [3.8, 4) is 0 Å². The van der Waals surface area contributed by atoms with Crippen LogP contribution in [0.1, 0.15) is 12.5 Å². The van der Waals surface area contributed by atoms with Gasteiger partial charge in [-0.1, -0.05) is 22.0 Å². The molecule has 76 valence electrons. The van der Waals surface area contributed by atoms with Gasteiger partial charge < -0.3 is 5.11 Å². The second-order valence-electron chi connectivity index (χ2n) is 3.01. The average molecular weight is 275 g/mol. The van der Waals surface area contributed by atoms with Gasteiger partial charge in [-0.25, -0.2) is 0 Å². The molecule has 14 heavy (non-hydrogen) atoms. The topological polar surface area (TPSA) is 37.3 Å². The molecule has 1 atom stereocenters. The van der Waals surface area contributed by atoms with Crippen molar-refractivity contribution in [3.05, 3.63) is 28.2 Å². The van der Waals surface area contributed by atoms with E-state index in [-0.39, 0.29) is 0 Å². The minimum Gasteiger partial charge on any atom is -0.480 e. The van der Waals surface area contributed by atoms with Gasteiger partial charge in [-0.3, -0.25) is 4.79 Å². The number of thioether (sulfide) groups is 1. The lowest BCUT2D eigenvalue weighted by atomic mass is 10.2. The van der Waals surface area contributed by atoms with Gasteiger partial charge in [-0.2, -0.15) is 0 Å². The first kappa shape index (κ1) is 11.6. The van der Waals surface area contributed by atoms with Gasteiger partial charge in [-0.15, -0.1) is 11.8 Å². The molecule has 0 aromatic heterocycles. The monoisotopic (exact) mass is 274 g/mol. The molecule has 1 aromatic carbocycles. The van der Waals surface area contributed by atoms with Gasteiger partial charge in [0.05, 0.1) is 0 Å². The van der Waals surface area contributed by atoms with Crippen molar-refractivity contribution in [1.29, 1.82) is 0 Å². The summed E-state index contributed by atoms with van der Waals surface area (Å²) < 4.78 is 0.975. The Bertz CT molecular complexity index is 352. The molecule has 0 fully saturated rings. The number of carboxylic acids is 1. The summed E-state index contributed by atoms with van der Waals surface area (Å²) in [6, 6.07) is 5.87. The highest BCUT2D eigenvalue weighted by Crippen LogP contribution is 2.29. The fourth-order valence-electron chi connectivity index (χ4n) is 0.942. The van der Waals surface area contributed by atoms with E-state index in [1.807, 2.05) is 25.1 Å². The van der Waals surface area contributed by atoms with Crippen LogP contribution in [0.15, 0.2) is 27.6 Å². The van der Waals surface area contributed by atoms with E-state index in [2.05, 4.69) is 15.9 Å². The largest absolute Gasteiger partial charge is 0.480 e. The zero-order valence-electron chi connectivity index (χ0n) is 7.95. The molecule has 0 aliphatic rings. The summed E-state index contributed by atoms with van der Waals surface area (Å²) >= 11 is 4.73. The molecule has 0 amide bonds. The van der Waals surface area contributed by atoms with E-state index in [0.29, 0.717) is 0 Å². The number of hydrogen-bond donors (Lipinski definition) is 1. The minimum atomic E-state index is -0.783. The second-order valence-corrected chi connectivity index (χ2v) is 5.31. The maximum absolute atomic E-state index is 10.7. The van der Waals surface area contributed by atoms with Crippen molar-refractivity contribution in [2.45, 2.75) is 24.0 Å². The SMILES string of the molecule is Cc1ccc(Br)cc1SC(C)C(=O)O. The minimum absolute atomic E-state index is 0.414. The number of aryl methyl sites for hydroxylation is 1. The summed E-state index contributed by atoms with van der Waals surface area (Å²) in [5, 5.41) is 8.36. The fourth-order valence-corrected chi connectivity index (χ4v) is 2.39. The maximum atomic E-state index is 10.7. The van der Waals surface area contributed by atoms with E-state index in [4.69, 9.17) is 5.11 Å². The van der Waals surface area contributed by atoms with E-state index < -0.39 is 11.2 Å². The third kappa shape index (κ3) is 3.03. The Morgan fingerprint density at radius 2 is 2.21 bits per heavy atom. The molecule has 1 aromatic rings. The quantitative estimate of drug-likeness (QED) is 0.860. The molecule has 0 saturated carbocycles. The predicted molar refractivity (Wildman–Crippen MR) is 61.8 cm³/mol. The summed E-state index contributed by atoms with van der Waals surface area (Å²) in [7, 11) is 0. The Morgan fingerprint density at radius 3 is 2.79 bits per heavy atom. The van der Waals surface area contributed by atoms with Crippen molar-refractivity contribution < 1.29 is 9.90 Å². The lowest BCUT2D eigenvalue weighted by molar-refractivity contribution is -0.136. The van der Waals surface area contributed by atoms with Gasteiger partial charge in [0.1, 0.15) is 5.25 Å². The van der Waals surface area contributed by atoms with Crippen LogP contribution >= 0.6 is 27.7 Å². The highest BCUT2D eigenvalue weighted by molar-refractivity contribution is 9.10. The Hall–Kier alpha value is -0.480. The normalized spacial score (nSPS) is 12.5. The lowest BCUT2D eigenvalue weighted by Crippen LogP contribution is -2.11. The molecule has 1 N–H and O–H groups in total. The predicted octanol–water partition coefficient (Wildman–Crippen LogP) is 3.32. The van der Waals surface area contributed by atoms with E-state index >= 15 is 0 Å². The molecule has 2 nitrogen and oxygen atoms in total. The van der Waals surface area contributed by atoms with Crippen molar-refractivity contribution in [1.82, 2.24) is 0 Å². The van der Waals surface area contributed by atoms with E-state index in [9.17, 15) is 4.79 Å². The smallest absolute Gasteiger partial charge is 0.316 e. The number of benzene rings is 1. The molecule has 0 aliphatic heterocycles. The second kappa shape index (κ2) is 4.84. The van der Waals surface area contributed by atoms with Gasteiger partial charge in [-0.05, 0) is 31.5 Å². The zero-order valence-corrected chi connectivity index (χ0v) is 10.4. The molecule has 0 bridgehead atoms. The summed E-state index contributed by atoms with van der Waals surface area (Å²) in [5.74, 6) is -0.783. The van der Waals surface area contributed by atoms with Gasteiger partial charge in [0.15, 0.2) is 0 Å². The van der Waals surface area contributed by atoms with Crippen molar-refractivity contribution in [2.75, 3.05) is 0 Å². The average Bonchev–Trinajstić information content (AvgIpc) is 2.11. The van der Waals surface area contributed by atoms with Gasteiger partial charge in [0.25, 0.3) is 0 Å². The van der Waals surface area contributed by atoms with Gasteiger partial charge in [0, 0.05) is 9.37 Å². The highest BCUT2D eigenvalue weighted by Gasteiger charge is 2.13. The first-order valence-corrected chi connectivity index (χ1v) is 5.83. The Morgan fingerprint density at radius 1 is 1.57 bits per heavy atom. The Kier molecular flexibility index (Phi) is 4.01. The van der Waals surface area contributed by atoms with E-state index in [1.165, 1.54) is 11.8 Å². The van der Waals surface area contributed by atoms with Crippen molar-refractivity contribution in [2.24, 2.45) is 0 Å². The van der Waals surface area contributed by atoms with Crippen LogP contribution in [-0.2, 0) is 4.79 Å². The number of carbonyl (C=O) groups is 1. The van der Waals surface area contributed by atoms with Crippen LogP contribution in [0.4, 0.5) is 0 Å². The van der Waals surface area contributed by atoms with Crippen LogP contribution in [0.25, 0.3) is 0 Å². The zero-order chi connectivity index (χ0) is 10.7. The summed E-state index contributed by atoms with van der Waals surface area (Å²) in [6.45, 7) is 3.66. The molecule has 4 heteroatoms. The van der Waals surface area contributed by atoms with Crippen LogP contribution in [0.2, 0.25) is 0 Å². The van der Waals surface area contributed by atoms with Crippen molar-refractivity contribution >= 4 is 33.7 Å². The fraction of sp³-hybridized carbons (Fsp3) is 0.300. The Balaban J connectivity index is 2.85. The molecule has 1 unspecified atom stereocenters. The standard InChI is InChI=1S/C10H11BrO2S/c1-6-3-4-8(11)5-9(6)14-7(2)10(12)13/h3-5,7H,1-2H3,(H,12,13). The van der Waals surface area contributed by atoms with Crippen LogP contribution in [0.3, 0.4) is 0 Å². The molecule has 0 heterocycles. The van der Waals surface area contributed by atoms with Crippen LogP contribution in [0, 0.1) is 6.92 Å². The summed E-state index contributed by atoms with van der Waals surface area (Å²) in [4.78, 5) is 11.7. The maximum Gasteiger partial charge on any atom is 0.316 e. The van der Waals surface area contributed by atoms with Crippen molar-refractivity contribution in [3.63, 3.8) is 0 Å². The summed E-state index contributed by atoms with van der Waals surface area (Å²) in [6.07, 6.45) is 0. The molecule has 1 rings (SSSR count). The molecule has 0 spiro atoms. The third-order valence-electron chi connectivity index (χ3n) is 1.80. The number of rotatable bonds is 3. The van der Waals surface area contributed by atoms with Crippen LogP contribution in [0.5, 0.6) is 0 Å².